The molecule has 0 aliphatic carbocycles. The van der Waals surface area contributed by atoms with Gasteiger partial charge in [0.25, 0.3) is 10.0 Å². The van der Waals surface area contributed by atoms with Gasteiger partial charge in [0.15, 0.2) is 5.03 Å². The molecule has 1 aliphatic heterocycles. The van der Waals surface area contributed by atoms with Gasteiger partial charge in [0, 0.05) is 57.2 Å². The first kappa shape index (κ1) is 19.6. The van der Waals surface area contributed by atoms with Crippen LogP contribution in [0.4, 0.5) is 11.8 Å². The SMILES string of the molecule is CCNc1cc(C)nc(N2CCN(S(=O)(=O)c3cn(CC)c(C)n3)CC2)n1. The number of hydrogen-bond acceptors (Lipinski definition) is 7. The zero-order chi connectivity index (χ0) is 19.6. The number of piperazine rings is 1. The van der Waals surface area contributed by atoms with Gasteiger partial charge in [-0.3, -0.25) is 0 Å². The number of sulfonamides is 1. The Kier molecular flexibility index (Phi) is 5.66. The lowest BCUT2D eigenvalue weighted by atomic mass is 10.3. The number of aryl methyl sites for hydroxylation is 3. The Morgan fingerprint density at radius 3 is 2.37 bits per heavy atom. The van der Waals surface area contributed by atoms with E-state index in [1.807, 2.05) is 43.2 Å². The van der Waals surface area contributed by atoms with Gasteiger partial charge in [0.05, 0.1) is 0 Å². The summed E-state index contributed by atoms with van der Waals surface area (Å²) < 4.78 is 29.1. The number of rotatable bonds is 6. The Morgan fingerprint density at radius 2 is 1.78 bits per heavy atom. The number of anilines is 2. The molecule has 0 spiro atoms. The summed E-state index contributed by atoms with van der Waals surface area (Å²) in [5, 5.41) is 3.32. The van der Waals surface area contributed by atoms with Crippen LogP contribution in [0.15, 0.2) is 17.3 Å². The summed E-state index contributed by atoms with van der Waals surface area (Å²) >= 11 is 0. The third kappa shape index (κ3) is 4.06. The maximum absolute atomic E-state index is 12.9. The lowest BCUT2D eigenvalue weighted by molar-refractivity contribution is 0.381. The molecule has 0 radical (unpaired) electrons. The summed E-state index contributed by atoms with van der Waals surface area (Å²) in [6, 6.07) is 1.90. The smallest absolute Gasteiger partial charge is 0.262 e. The molecule has 0 unspecified atom stereocenters. The van der Waals surface area contributed by atoms with Crippen LogP contribution in [-0.2, 0) is 16.6 Å². The number of aromatic nitrogens is 4. The van der Waals surface area contributed by atoms with E-state index in [0.29, 0.717) is 44.5 Å². The first-order valence-corrected chi connectivity index (χ1v) is 10.7. The van der Waals surface area contributed by atoms with E-state index in [9.17, 15) is 8.42 Å². The molecule has 9 nitrogen and oxygen atoms in total. The van der Waals surface area contributed by atoms with E-state index in [2.05, 4.69) is 20.3 Å². The van der Waals surface area contributed by atoms with Gasteiger partial charge in [0.1, 0.15) is 11.6 Å². The molecular weight excluding hydrogens is 366 g/mol. The van der Waals surface area contributed by atoms with Crippen LogP contribution in [0.1, 0.15) is 25.4 Å². The Hall–Kier alpha value is -2.20. The fourth-order valence-corrected chi connectivity index (χ4v) is 4.57. The second-order valence-electron chi connectivity index (χ2n) is 6.53. The van der Waals surface area contributed by atoms with Gasteiger partial charge < -0.3 is 14.8 Å². The zero-order valence-corrected chi connectivity index (χ0v) is 17.1. The molecule has 3 rings (SSSR count). The van der Waals surface area contributed by atoms with Crippen LogP contribution in [-0.4, -0.2) is 65.0 Å². The molecule has 0 aromatic carbocycles. The van der Waals surface area contributed by atoms with Crippen LogP contribution in [0.2, 0.25) is 0 Å². The molecule has 1 fully saturated rings. The van der Waals surface area contributed by atoms with Crippen molar-refractivity contribution in [1.82, 2.24) is 23.8 Å². The molecule has 1 aliphatic rings. The highest BCUT2D eigenvalue weighted by molar-refractivity contribution is 7.89. The van der Waals surface area contributed by atoms with Crippen molar-refractivity contribution in [2.45, 2.75) is 39.3 Å². The molecule has 0 atom stereocenters. The van der Waals surface area contributed by atoms with Crippen molar-refractivity contribution in [2.24, 2.45) is 0 Å². The highest BCUT2D eigenvalue weighted by Gasteiger charge is 2.31. The van der Waals surface area contributed by atoms with Gasteiger partial charge in [-0.1, -0.05) is 0 Å². The van der Waals surface area contributed by atoms with Crippen molar-refractivity contribution in [2.75, 3.05) is 42.9 Å². The molecule has 0 bridgehead atoms. The quantitative estimate of drug-likeness (QED) is 0.789. The van der Waals surface area contributed by atoms with Gasteiger partial charge in [-0.25, -0.2) is 18.4 Å². The average molecular weight is 394 g/mol. The largest absolute Gasteiger partial charge is 0.370 e. The van der Waals surface area contributed by atoms with E-state index >= 15 is 0 Å². The van der Waals surface area contributed by atoms with E-state index in [4.69, 9.17) is 0 Å². The maximum atomic E-state index is 12.9. The second kappa shape index (κ2) is 7.81. The summed E-state index contributed by atoms with van der Waals surface area (Å²) in [7, 11) is -3.58. The molecule has 2 aromatic heterocycles. The Morgan fingerprint density at radius 1 is 1.07 bits per heavy atom. The molecule has 27 heavy (non-hydrogen) atoms. The predicted molar refractivity (Wildman–Crippen MR) is 105 cm³/mol. The number of nitrogens with one attached hydrogen (secondary N) is 1. The topological polar surface area (TPSA) is 96.2 Å². The minimum absolute atomic E-state index is 0.122. The van der Waals surface area contributed by atoms with Gasteiger partial charge in [0.2, 0.25) is 5.95 Å². The van der Waals surface area contributed by atoms with Crippen LogP contribution in [0.3, 0.4) is 0 Å². The normalized spacial score (nSPS) is 15.9. The van der Waals surface area contributed by atoms with E-state index in [-0.39, 0.29) is 5.03 Å². The monoisotopic (exact) mass is 393 g/mol. The maximum Gasteiger partial charge on any atom is 0.262 e. The molecular formula is C17H27N7O2S. The summed E-state index contributed by atoms with van der Waals surface area (Å²) in [6.45, 7) is 11.1. The molecule has 3 heterocycles. The van der Waals surface area contributed by atoms with Gasteiger partial charge in [-0.15, -0.1) is 0 Å². The molecule has 0 saturated carbocycles. The van der Waals surface area contributed by atoms with Crippen LogP contribution < -0.4 is 10.2 Å². The molecule has 2 aromatic rings. The van der Waals surface area contributed by atoms with Crippen LogP contribution in [0.5, 0.6) is 0 Å². The second-order valence-corrected chi connectivity index (χ2v) is 8.41. The van der Waals surface area contributed by atoms with Gasteiger partial charge >= 0.3 is 0 Å². The number of nitrogens with zero attached hydrogens (tertiary/aromatic N) is 6. The predicted octanol–water partition coefficient (Wildman–Crippen LogP) is 1.25. The Bertz CT molecular complexity index is 902. The Labute approximate surface area is 160 Å². The van der Waals surface area contributed by atoms with Crippen LogP contribution in [0.25, 0.3) is 0 Å². The lowest BCUT2D eigenvalue weighted by Gasteiger charge is -2.33. The highest BCUT2D eigenvalue weighted by Crippen LogP contribution is 2.20. The number of imidazole rings is 1. The number of hydrogen-bond donors (Lipinski definition) is 1. The molecule has 0 amide bonds. The molecule has 10 heteroatoms. The van der Waals surface area contributed by atoms with Crippen molar-refractivity contribution in [3.63, 3.8) is 0 Å². The molecule has 1 saturated heterocycles. The average Bonchev–Trinajstić information content (AvgIpc) is 3.03. The van der Waals surface area contributed by atoms with Crippen molar-refractivity contribution < 1.29 is 8.42 Å². The first-order valence-electron chi connectivity index (χ1n) is 9.23. The van der Waals surface area contributed by atoms with E-state index in [1.165, 1.54) is 4.31 Å². The summed E-state index contributed by atoms with van der Waals surface area (Å²) in [5.41, 5.74) is 0.881. The van der Waals surface area contributed by atoms with Crippen molar-refractivity contribution in [3.8, 4) is 0 Å². The van der Waals surface area contributed by atoms with E-state index < -0.39 is 10.0 Å². The summed E-state index contributed by atoms with van der Waals surface area (Å²) in [6.07, 6.45) is 1.61. The van der Waals surface area contributed by atoms with E-state index in [0.717, 1.165) is 18.1 Å². The van der Waals surface area contributed by atoms with Gasteiger partial charge in [-0.05, 0) is 27.7 Å². The summed E-state index contributed by atoms with van der Waals surface area (Å²) in [4.78, 5) is 15.3. The van der Waals surface area contributed by atoms with Crippen LogP contribution in [0, 0.1) is 13.8 Å². The Balaban J connectivity index is 1.73. The van der Waals surface area contributed by atoms with Crippen molar-refractivity contribution in [3.05, 3.63) is 23.8 Å². The fourth-order valence-electron chi connectivity index (χ4n) is 3.15. The van der Waals surface area contributed by atoms with Gasteiger partial charge in [-0.2, -0.15) is 9.29 Å². The fraction of sp³-hybridized carbons (Fsp3) is 0.588. The summed E-state index contributed by atoms with van der Waals surface area (Å²) in [5.74, 6) is 2.13. The zero-order valence-electron chi connectivity index (χ0n) is 16.3. The van der Waals surface area contributed by atoms with E-state index in [1.54, 1.807) is 6.20 Å². The standard InChI is InChI=1S/C17H27N7O2S/c1-5-18-15-11-13(3)19-17(21-15)23-7-9-24(10-8-23)27(25,26)16-12-22(6-2)14(4)20-16/h11-12H,5-10H2,1-4H3,(H,18,19,21). The third-order valence-electron chi connectivity index (χ3n) is 4.62. The van der Waals surface area contributed by atoms with Crippen molar-refractivity contribution in [1.29, 1.82) is 0 Å². The van der Waals surface area contributed by atoms with Crippen molar-refractivity contribution >= 4 is 21.8 Å². The van der Waals surface area contributed by atoms with Crippen LogP contribution >= 0.6 is 0 Å². The first-order chi connectivity index (χ1) is 12.8. The third-order valence-corrected chi connectivity index (χ3v) is 6.39. The lowest BCUT2D eigenvalue weighted by Crippen LogP contribution is -2.49. The molecule has 1 N–H and O–H groups in total. The minimum atomic E-state index is -3.58. The molecule has 148 valence electrons. The highest BCUT2D eigenvalue weighted by atomic mass is 32.2. The minimum Gasteiger partial charge on any atom is -0.370 e.